The fourth-order valence-electron chi connectivity index (χ4n) is 3.16. The number of carbonyl (C=O) groups excluding carboxylic acids is 2. The van der Waals surface area contributed by atoms with Gasteiger partial charge in [-0.1, -0.05) is 56.3 Å². The molecule has 2 aromatic rings. The van der Waals surface area contributed by atoms with Crippen LogP contribution in [0.1, 0.15) is 38.8 Å². The summed E-state index contributed by atoms with van der Waals surface area (Å²) in [6, 6.07) is 17.5. The van der Waals surface area contributed by atoms with Crippen LogP contribution in [0, 0.1) is 8.99 Å². The molecule has 0 aliphatic heterocycles. The van der Waals surface area contributed by atoms with E-state index >= 15 is 0 Å². The van der Waals surface area contributed by atoms with Gasteiger partial charge in [-0.25, -0.2) is 0 Å². The molecule has 33 heavy (non-hydrogen) atoms. The van der Waals surface area contributed by atoms with Crippen molar-refractivity contribution in [3.05, 3.63) is 69.3 Å². The zero-order chi connectivity index (χ0) is 24.3. The molecule has 0 spiro atoms. The number of benzene rings is 2. The van der Waals surface area contributed by atoms with Gasteiger partial charge in [0.2, 0.25) is 0 Å². The van der Waals surface area contributed by atoms with Crippen LogP contribution in [-0.4, -0.2) is 43.3 Å². The molecule has 2 rings (SSSR count). The molecule has 0 amide bonds. The minimum absolute atomic E-state index is 0.170. The molecule has 0 fully saturated rings. The summed E-state index contributed by atoms with van der Waals surface area (Å²) < 4.78 is 17.8. The number of ether oxygens (including phenoxy) is 3. The number of thioether (sulfide) groups is 1. The van der Waals surface area contributed by atoms with E-state index in [1.807, 2.05) is 61.5 Å². The van der Waals surface area contributed by atoms with E-state index in [4.69, 9.17) is 14.2 Å². The van der Waals surface area contributed by atoms with E-state index in [0.29, 0.717) is 19.0 Å². The molecule has 180 valence electrons. The molecule has 2 aromatic carbocycles. The first-order valence-electron chi connectivity index (χ1n) is 10.9. The number of hydrogen-bond donors (Lipinski definition) is 0. The van der Waals surface area contributed by atoms with Gasteiger partial charge in [-0.3, -0.25) is 9.59 Å². The lowest BCUT2D eigenvalue weighted by molar-refractivity contribution is -0.154. The number of halogens is 1. The van der Waals surface area contributed by atoms with Gasteiger partial charge < -0.3 is 14.2 Å². The van der Waals surface area contributed by atoms with Crippen molar-refractivity contribution in [3.63, 3.8) is 0 Å². The number of carbonyl (C=O) groups is 2. The second-order valence-electron chi connectivity index (χ2n) is 8.86. The molecule has 1 atom stereocenters. The molecule has 7 heteroatoms. The van der Waals surface area contributed by atoms with Crippen LogP contribution in [0.25, 0.3) is 0 Å². The van der Waals surface area contributed by atoms with Crippen LogP contribution in [0.15, 0.2) is 54.6 Å². The molecule has 0 heterocycles. The van der Waals surface area contributed by atoms with Gasteiger partial charge in [-0.2, -0.15) is 0 Å². The third-order valence-electron chi connectivity index (χ3n) is 5.03. The molecule has 1 unspecified atom stereocenters. The van der Waals surface area contributed by atoms with Crippen LogP contribution in [-0.2, 0) is 35.8 Å². The quantitative estimate of drug-likeness (QED) is 0.225. The van der Waals surface area contributed by atoms with Crippen molar-refractivity contribution in [2.45, 2.75) is 39.7 Å². The maximum absolute atomic E-state index is 13.3. The second kappa shape index (κ2) is 13.3. The highest BCUT2D eigenvalue weighted by Gasteiger charge is 2.38. The first-order valence-corrected chi connectivity index (χ1v) is 13.2. The predicted molar refractivity (Wildman–Crippen MR) is 141 cm³/mol. The molecule has 0 N–H and O–H groups in total. The second-order valence-corrected chi connectivity index (χ2v) is 11.1. The van der Waals surface area contributed by atoms with Gasteiger partial charge in [0, 0.05) is 9.32 Å². The van der Waals surface area contributed by atoms with Crippen molar-refractivity contribution in [1.29, 1.82) is 0 Å². The molecule has 0 saturated carbocycles. The molecule has 5 nitrogen and oxygen atoms in total. The smallest absolute Gasteiger partial charge is 0.318 e. The van der Waals surface area contributed by atoms with E-state index in [1.54, 1.807) is 6.92 Å². The SMILES string of the molecule is CCOC(=O)CSCC(C)(C)COCC(C)(C(=O)OCc1ccccc1)c1cccc(I)c1. The van der Waals surface area contributed by atoms with Gasteiger partial charge in [0.1, 0.15) is 12.0 Å². The Morgan fingerprint density at radius 2 is 1.70 bits per heavy atom. The normalized spacial score (nSPS) is 13.2. The highest BCUT2D eigenvalue weighted by Crippen LogP contribution is 2.30. The summed E-state index contributed by atoms with van der Waals surface area (Å²) in [5.41, 5.74) is 0.694. The standard InChI is InChI=1S/C26H33IO5S/c1-5-31-23(28)16-33-19-25(2,3)17-30-18-26(4,21-12-9-13-22(27)14-21)24(29)32-15-20-10-7-6-8-11-20/h6-14H,5,15-19H2,1-4H3. The Bertz CT molecular complexity index is 903. The van der Waals surface area contributed by atoms with Crippen molar-refractivity contribution in [3.8, 4) is 0 Å². The average molecular weight is 585 g/mol. The molecule has 0 aliphatic carbocycles. The Morgan fingerprint density at radius 3 is 2.36 bits per heavy atom. The Morgan fingerprint density at radius 1 is 0.970 bits per heavy atom. The van der Waals surface area contributed by atoms with Crippen molar-refractivity contribution in [2.75, 3.05) is 31.3 Å². The highest BCUT2D eigenvalue weighted by atomic mass is 127. The van der Waals surface area contributed by atoms with Crippen molar-refractivity contribution in [1.82, 2.24) is 0 Å². The Kier molecular flexibility index (Phi) is 11.2. The van der Waals surface area contributed by atoms with Crippen LogP contribution >= 0.6 is 34.4 Å². The summed E-state index contributed by atoms with van der Waals surface area (Å²) in [7, 11) is 0. The van der Waals surface area contributed by atoms with Crippen LogP contribution in [0.3, 0.4) is 0 Å². The molecular formula is C26H33IO5S. The maximum Gasteiger partial charge on any atom is 0.318 e. The van der Waals surface area contributed by atoms with Crippen molar-refractivity contribution < 1.29 is 23.8 Å². The first-order chi connectivity index (χ1) is 15.7. The van der Waals surface area contributed by atoms with Crippen LogP contribution in [0.5, 0.6) is 0 Å². The third kappa shape index (κ3) is 9.29. The van der Waals surface area contributed by atoms with E-state index in [2.05, 4.69) is 36.4 Å². The minimum atomic E-state index is -0.940. The van der Waals surface area contributed by atoms with Gasteiger partial charge in [0.05, 0.1) is 25.6 Å². The summed E-state index contributed by atoms with van der Waals surface area (Å²) in [5, 5.41) is 0. The van der Waals surface area contributed by atoms with Gasteiger partial charge in [-0.05, 0) is 65.1 Å². The first kappa shape index (κ1) is 27.7. The molecule has 0 aliphatic rings. The van der Waals surface area contributed by atoms with E-state index in [9.17, 15) is 9.59 Å². The van der Waals surface area contributed by atoms with E-state index < -0.39 is 5.41 Å². The minimum Gasteiger partial charge on any atom is -0.465 e. The van der Waals surface area contributed by atoms with E-state index in [-0.39, 0.29) is 30.6 Å². The largest absolute Gasteiger partial charge is 0.465 e. The predicted octanol–water partition coefficient (Wildman–Crippen LogP) is 5.63. The van der Waals surface area contributed by atoms with Crippen LogP contribution < -0.4 is 0 Å². The Labute approximate surface area is 215 Å². The van der Waals surface area contributed by atoms with E-state index in [0.717, 1.165) is 20.4 Å². The summed E-state index contributed by atoms with van der Waals surface area (Å²) in [4.78, 5) is 24.8. The van der Waals surface area contributed by atoms with Crippen LogP contribution in [0.2, 0.25) is 0 Å². The third-order valence-corrected chi connectivity index (χ3v) is 7.12. The molecule has 0 radical (unpaired) electrons. The highest BCUT2D eigenvalue weighted by molar-refractivity contribution is 14.1. The van der Waals surface area contributed by atoms with Gasteiger partial charge >= 0.3 is 11.9 Å². The summed E-state index contributed by atoms with van der Waals surface area (Å²) in [6.07, 6.45) is 0. The lowest BCUT2D eigenvalue weighted by atomic mass is 9.83. The molecule has 0 saturated heterocycles. The number of hydrogen-bond acceptors (Lipinski definition) is 6. The van der Waals surface area contributed by atoms with Gasteiger partial charge in [0.15, 0.2) is 0 Å². The zero-order valence-electron chi connectivity index (χ0n) is 19.8. The Balaban J connectivity index is 2.02. The lowest BCUT2D eigenvalue weighted by Gasteiger charge is -2.31. The van der Waals surface area contributed by atoms with Crippen molar-refractivity contribution >= 4 is 46.3 Å². The number of rotatable bonds is 13. The lowest BCUT2D eigenvalue weighted by Crippen LogP contribution is -2.40. The molecule has 0 aromatic heterocycles. The fourth-order valence-corrected chi connectivity index (χ4v) is 4.69. The average Bonchev–Trinajstić information content (AvgIpc) is 2.78. The monoisotopic (exact) mass is 584 g/mol. The number of esters is 2. The molecule has 0 bridgehead atoms. The molecular weight excluding hydrogens is 551 g/mol. The van der Waals surface area contributed by atoms with Gasteiger partial charge in [-0.15, -0.1) is 11.8 Å². The topological polar surface area (TPSA) is 61.8 Å². The summed E-state index contributed by atoms with van der Waals surface area (Å²) >= 11 is 3.77. The summed E-state index contributed by atoms with van der Waals surface area (Å²) in [5.74, 6) is 0.544. The maximum atomic E-state index is 13.3. The van der Waals surface area contributed by atoms with Gasteiger partial charge in [0.25, 0.3) is 0 Å². The van der Waals surface area contributed by atoms with Crippen molar-refractivity contribution in [2.24, 2.45) is 5.41 Å². The van der Waals surface area contributed by atoms with E-state index in [1.165, 1.54) is 11.8 Å². The fraction of sp³-hybridized carbons (Fsp3) is 0.462. The van der Waals surface area contributed by atoms with Crippen LogP contribution in [0.4, 0.5) is 0 Å². The zero-order valence-corrected chi connectivity index (χ0v) is 22.7. The summed E-state index contributed by atoms with van der Waals surface area (Å²) in [6.45, 7) is 9.10. The Hall–Kier alpha value is -1.58.